The predicted octanol–water partition coefficient (Wildman–Crippen LogP) is 1.74. The van der Waals surface area contributed by atoms with Crippen molar-refractivity contribution in [3.8, 4) is 0 Å². The van der Waals surface area contributed by atoms with E-state index in [-0.39, 0.29) is 11.9 Å². The highest BCUT2D eigenvalue weighted by atomic mass is 16.1. The maximum absolute atomic E-state index is 11.5. The molecule has 1 N–H and O–H groups in total. The molecule has 0 radical (unpaired) electrons. The van der Waals surface area contributed by atoms with Crippen molar-refractivity contribution in [3.05, 3.63) is 24.0 Å². The van der Waals surface area contributed by atoms with Crippen LogP contribution in [-0.4, -0.2) is 21.7 Å². The Kier molecular flexibility index (Phi) is 4.76. The minimum Gasteiger partial charge on any atom is -0.350 e. The smallest absolute Gasteiger partial charge is 0.244 e. The molecule has 1 amide bonds. The predicted molar refractivity (Wildman–Crippen MR) is 64.8 cm³/mol. The molecule has 0 aliphatic heterocycles. The van der Waals surface area contributed by atoms with Crippen LogP contribution in [0.3, 0.4) is 0 Å². The van der Waals surface area contributed by atoms with Gasteiger partial charge in [-0.25, -0.2) is 0 Å². The van der Waals surface area contributed by atoms with Crippen LogP contribution in [0.5, 0.6) is 0 Å². The normalized spacial score (nSPS) is 11.2. The summed E-state index contributed by atoms with van der Waals surface area (Å²) in [4.78, 5) is 11.5. The van der Waals surface area contributed by atoms with E-state index in [0.29, 0.717) is 0 Å². The van der Waals surface area contributed by atoms with Gasteiger partial charge in [-0.3, -0.25) is 9.48 Å². The second-order valence-corrected chi connectivity index (χ2v) is 3.80. The lowest BCUT2D eigenvalue weighted by molar-refractivity contribution is -0.117. The summed E-state index contributed by atoms with van der Waals surface area (Å²) < 4.78 is 1.71. The lowest BCUT2D eigenvalue weighted by atomic mass is 10.2. The molecule has 0 bridgehead atoms. The molecule has 1 rings (SSSR count). The lowest BCUT2D eigenvalue weighted by Gasteiger charge is -2.12. The number of carbonyl (C=O) groups is 1. The van der Waals surface area contributed by atoms with Crippen molar-refractivity contribution in [2.45, 2.75) is 32.7 Å². The van der Waals surface area contributed by atoms with Gasteiger partial charge < -0.3 is 5.32 Å². The quantitative estimate of drug-likeness (QED) is 0.770. The van der Waals surface area contributed by atoms with E-state index in [9.17, 15) is 4.79 Å². The highest BCUT2D eigenvalue weighted by molar-refractivity contribution is 5.91. The molecule has 0 unspecified atom stereocenters. The fourth-order valence-electron chi connectivity index (χ4n) is 1.44. The number of aryl methyl sites for hydroxylation is 1. The number of nitrogens with zero attached hydrogens (tertiary/aromatic N) is 2. The van der Waals surface area contributed by atoms with Crippen LogP contribution in [0.1, 0.15) is 32.3 Å². The van der Waals surface area contributed by atoms with Gasteiger partial charge in [-0.1, -0.05) is 13.8 Å². The van der Waals surface area contributed by atoms with Gasteiger partial charge in [-0.2, -0.15) is 5.10 Å². The number of carbonyl (C=O) groups excluding carboxylic acids is 1. The molecule has 4 nitrogen and oxygen atoms in total. The molecule has 0 saturated heterocycles. The van der Waals surface area contributed by atoms with Crippen LogP contribution in [0, 0.1) is 0 Å². The molecule has 1 aromatic heterocycles. The first kappa shape index (κ1) is 12.5. The van der Waals surface area contributed by atoms with E-state index in [0.717, 1.165) is 18.4 Å². The molecular weight excluding hydrogens is 202 g/mol. The molecule has 0 aromatic carbocycles. The van der Waals surface area contributed by atoms with Gasteiger partial charge in [0.05, 0.1) is 6.20 Å². The molecule has 16 heavy (non-hydrogen) atoms. The Labute approximate surface area is 96.3 Å². The number of rotatable bonds is 5. The van der Waals surface area contributed by atoms with Crippen molar-refractivity contribution >= 4 is 12.0 Å². The highest BCUT2D eigenvalue weighted by Gasteiger charge is 2.04. The molecule has 0 aliphatic carbocycles. The fourth-order valence-corrected chi connectivity index (χ4v) is 1.44. The van der Waals surface area contributed by atoms with E-state index in [1.54, 1.807) is 23.0 Å². The van der Waals surface area contributed by atoms with Crippen LogP contribution in [0.15, 0.2) is 18.5 Å². The van der Waals surface area contributed by atoms with Crippen molar-refractivity contribution in [2.75, 3.05) is 0 Å². The maximum Gasteiger partial charge on any atom is 0.244 e. The van der Waals surface area contributed by atoms with Crippen molar-refractivity contribution < 1.29 is 4.79 Å². The van der Waals surface area contributed by atoms with Gasteiger partial charge in [0, 0.05) is 30.9 Å². The summed E-state index contributed by atoms with van der Waals surface area (Å²) in [6.07, 6.45) is 8.83. The Morgan fingerprint density at radius 2 is 2.25 bits per heavy atom. The summed E-state index contributed by atoms with van der Waals surface area (Å²) in [5, 5.41) is 6.96. The zero-order valence-electron chi connectivity index (χ0n) is 10.1. The molecule has 1 heterocycles. The van der Waals surface area contributed by atoms with E-state index < -0.39 is 0 Å². The van der Waals surface area contributed by atoms with Crippen molar-refractivity contribution in [1.29, 1.82) is 0 Å². The summed E-state index contributed by atoms with van der Waals surface area (Å²) in [6.45, 7) is 4.14. The standard InChI is InChI=1S/C12H19N3O/c1-4-11(5-2)14-12(16)7-6-10-8-13-15(3)9-10/h6-9,11H,4-5H2,1-3H3,(H,14,16)/b7-6+. The topological polar surface area (TPSA) is 46.9 Å². The Morgan fingerprint density at radius 3 is 2.75 bits per heavy atom. The zero-order valence-corrected chi connectivity index (χ0v) is 10.1. The Balaban J connectivity index is 2.48. The van der Waals surface area contributed by atoms with Crippen LogP contribution >= 0.6 is 0 Å². The van der Waals surface area contributed by atoms with Gasteiger partial charge in [-0.05, 0) is 18.9 Å². The molecule has 0 aliphatic rings. The molecule has 0 atom stereocenters. The highest BCUT2D eigenvalue weighted by Crippen LogP contribution is 2.00. The van der Waals surface area contributed by atoms with Crippen molar-refractivity contribution in [2.24, 2.45) is 7.05 Å². The van der Waals surface area contributed by atoms with E-state index >= 15 is 0 Å². The second-order valence-electron chi connectivity index (χ2n) is 3.80. The monoisotopic (exact) mass is 221 g/mol. The molecule has 4 heteroatoms. The molecule has 0 saturated carbocycles. The number of aromatic nitrogens is 2. The van der Waals surface area contributed by atoms with Gasteiger partial charge >= 0.3 is 0 Å². The summed E-state index contributed by atoms with van der Waals surface area (Å²) >= 11 is 0. The number of hydrogen-bond acceptors (Lipinski definition) is 2. The van der Waals surface area contributed by atoms with Gasteiger partial charge in [0.1, 0.15) is 0 Å². The van der Waals surface area contributed by atoms with Gasteiger partial charge in [-0.15, -0.1) is 0 Å². The molecule has 1 aromatic rings. The Morgan fingerprint density at radius 1 is 1.56 bits per heavy atom. The molecular formula is C12H19N3O. The average Bonchev–Trinajstić information content (AvgIpc) is 2.69. The summed E-state index contributed by atoms with van der Waals surface area (Å²) in [5.41, 5.74) is 0.933. The van der Waals surface area contributed by atoms with Gasteiger partial charge in [0.2, 0.25) is 5.91 Å². The van der Waals surface area contributed by atoms with Crippen molar-refractivity contribution in [1.82, 2.24) is 15.1 Å². The van der Waals surface area contributed by atoms with E-state index in [4.69, 9.17) is 0 Å². The van der Waals surface area contributed by atoms with Crippen molar-refractivity contribution in [3.63, 3.8) is 0 Å². The van der Waals surface area contributed by atoms with Crippen LogP contribution in [0.4, 0.5) is 0 Å². The third kappa shape index (κ3) is 3.88. The summed E-state index contributed by atoms with van der Waals surface area (Å²) in [6, 6.07) is 0.269. The van der Waals surface area contributed by atoms with Crippen LogP contribution in [-0.2, 0) is 11.8 Å². The minimum absolute atomic E-state index is 0.0439. The maximum atomic E-state index is 11.5. The largest absolute Gasteiger partial charge is 0.350 e. The Hall–Kier alpha value is -1.58. The molecule has 88 valence electrons. The van der Waals surface area contributed by atoms with Crippen LogP contribution in [0.2, 0.25) is 0 Å². The Bertz CT molecular complexity index is 364. The summed E-state index contributed by atoms with van der Waals surface area (Å²) in [5.74, 6) is -0.0439. The third-order valence-electron chi connectivity index (χ3n) is 2.48. The molecule has 0 fully saturated rings. The van der Waals surface area contributed by atoms with E-state index in [2.05, 4.69) is 24.3 Å². The molecule has 0 spiro atoms. The zero-order chi connectivity index (χ0) is 12.0. The lowest BCUT2D eigenvalue weighted by Crippen LogP contribution is -2.32. The van der Waals surface area contributed by atoms with Crippen LogP contribution < -0.4 is 5.32 Å². The second kappa shape index (κ2) is 6.10. The number of amides is 1. The summed E-state index contributed by atoms with van der Waals surface area (Å²) in [7, 11) is 1.85. The van der Waals surface area contributed by atoms with Crippen LogP contribution in [0.25, 0.3) is 6.08 Å². The fraction of sp³-hybridized carbons (Fsp3) is 0.500. The van der Waals surface area contributed by atoms with Gasteiger partial charge in [0.25, 0.3) is 0 Å². The number of hydrogen-bond donors (Lipinski definition) is 1. The number of nitrogens with one attached hydrogen (secondary N) is 1. The first-order valence-electron chi connectivity index (χ1n) is 5.63. The average molecular weight is 221 g/mol. The third-order valence-corrected chi connectivity index (χ3v) is 2.48. The van der Waals surface area contributed by atoms with E-state index in [1.807, 2.05) is 13.2 Å². The van der Waals surface area contributed by atoms with E-state index in [1.165, 1.54) is 0 Å². The minimum atomic E-state index is -0.0439. The first-order valence-corrected chi connectivity index (χ1v) is 5.63. The van der Waals surface area contributed by atoms with Gasteiger partial charge in [0.15, 0.2) is 0 Å². The first-order chi connectivity index (χ1) is 7.65. The SMILES string of the molecule is CCC(CC)NC(=O)/C=C/c1cnn(C)c1.